The van der Waals surface area contributed by atoms with Crippen molar-refractivity contribution in [3.63, 3.8) is 0 Å². The number of rotatable bonds is 5. The topological polar surface area (TPSA) is 64.9 Å². The van der Waals surface area contributed by atoms with E-state index in [1.165, 1.54) is 0 Å². The molecule has 1 aromatic heterocycles. The van der Waals surface area contributed by atoms with Crippen molar-refractivity contribution in [1.82, 2.24) is 10.1 Å². The fourth-order valence-corrected chi connectivity index (χ4v) is 1.76. The van der Waals surface area contributed by atoms with E-state index < -0.39 is 0 Å². The van der Waals surface area contributed by atoms with E-state index in [-0.39, 0.29) is 0 Å². The van der Waals surface area contributed by atoms with Crippen LogP contribution in [0.2, 0.25) is 0 Å². The highest BCUT2D eigenvalue weighted by Crippen LogP contribution is 2.13. The quantitative estimate of drug-likeness (QED) is 0.775. The Morgan fingerprint density at radius 3 is 2.92 bits per heavy atom. The first-order valence-electron chi connectivity index (χ1n) is 4.29. The molecule has 1 atom stereocenters. The van der Waals surface area contributed by atoms with Crippen molar-refractivity contribution < 1.29 is 4.52 Å². The summed E-state index contributed by atoms with van der Waals surface area (Å²) in [6, 6.07) is 0. The van der Waals surface area contributed by atoms with E-state index >= 15 is 0 Å². The van der Waals surface area contributed by atoms with Gasteiger partial charge >= 0.3 is 0 Å². The van der Waals surface area contributed by atoms with E-state index in [0.29, 0.717) is 17.6 Å². The van der Waals surface area contributed by atoms with Gasteiger partial charge in [-0.2, -0.15) is 16.7 Å². The maximum atomic E-state index is 5.49. The molecular weight excluding hydrogens is 186 g/mol. The third-order valence-electron chi connectivity index (χ3n) is 1.60. The lowest BCUT2D eigenvalue weighted by molar-refractivity contribution is 0.387. The molecule has 0 aliphatic heterocycles. The van der Waals surface area contributed by atoms with Gasteiger partial charge in [0.05, 0.1) is 5.75 Å². The van der Waals surface area contributed by atoms with Crippen LogP contribution in [0.3, 0.4) is 0 Å². The van der Waals surface area contributed by atoms with Crippen molar-refractivity contribution in [2.24, 2.45) is 11.7 Å². The van der Waals surface area contributed by atoms with Crippen molar-refractivity contribution in [3.05, 3.63) is 11.7 Å². The Morgan fingerprint density at radius 1 is 1.62 bits per heavy atom. The third-order valence-corrected chi connectivity index (χ3v) is 2.86. The molecule has 5 heteroatoms. The summed E-state index contributed by atoms with van der Waals surface area (Å²) in [5, 5.41) is 3.71. The monoisotopic (exact) mass is 201 g/mol. The van der Waals surface area contributed by atoms with E-state index in [0.717, 1.165) is 18.1 Å². The largest absolute Gasteiger partial charge is 0.338 e. The first kappa shape index (κ1) is 10.5. The average molecular weight is 201 g/mol. The van der Waals surface area contributed by atoms with Crippen LogP contribution in [0, 0.1) is 12.8 Å². The molecule has 4 nitrogen and oxygen atoms in total. The zero-order valence-electron chi connectivity index (χ0n) is 7.99. The number of nitrogens with zero attached hydrogens (tertiary/aromatic N) is 2. The summed E-state index contributed by atoms with van der Waals surface area (Å²) in [4.78, 5) is 4.10. The number of aryl methyl sites for hydroxylation is 1. The second-order valence-corrected chi connectivity index (χ2v) is 4.12. The van der Waals surface area contributed by atoms with Crippen LogP contribution < -0.4 is 5.73 Å². The normalized spacial score (nSPS) is 13.2. The minimum absolute atomic E-state index is 0.550. The highest BCUT2D eigenvalue weighted by molar-refractivity contribution is 7.98. The van der Waals surface area contributed by atoms with Crippen LogP contribution in [-0.2, 0) is 5.75 Å². The minimum Gasteiger partial charge on any atom is -0.338 e. The SMILES string of the molecule is Cc1noc(CSCC(C)CN)n1. The number of nitrogens with two attached hydrogens (primary N) is 1. The van der Waals surface area contributed by atoms with Gasteiger partial charge in [0.25, 0.3) is 0 Å². The summed E-state index contributed by atoms with van der Waals surface area (Å²) in [6.07, 6.45) is 0. The zero-order valence-corrected chi connectivity index (χ0v) is 8.80. The van der Waals surface area contributed by atoms with E-state index in [1.54, 1.807) is 11.8 Å². The van der Waals surface area contributed by atoms with Crippen molar-refractivity contribution in [1.29, 1.82) is 0 Å². The van der Waals surface area contributed by atoms with Crippen LogP contribution in [0.25, 0.3) is 0 Å². The standard InChI is InChI=1S/C8H15N3OS/c1-6(3-9)4-13-5-8-10-7(2)11-12-8/h6H,3-5,9H2,1-2H3. The molecule has 0 saturated heterocycles. The van der Waals surface area contributed by atoms with Crippen molar-refractivity contribution >= 4 is 11.8 Å². The summed E-state index contributed by atoms with van der Waals surface area (Å²) in [5.41, 5.74) is 5.49. The van der Waals surface area contributed by atoms with Gasteiger partial charge < -0.3 is 10.3 Å². The van der Waals surface area contributed by atoms with Crippen LogP contribution in [0.5, 0.6) is 0 Å². The Labute approximate surface area is 82.3 Å². The molecule has 0 aliphatic carbocycles. The Kier molecular flexibility index (Phi) is 4.24. The third kappa shape index (κ3) is 3.78. The van der Waals surface area contributed by atoms with Crippen molar-refractivity contribution in [2.45, 2.75) is 19.6 Å². The Bertz CT molecular complexity index is 251. The van der Waals surface area contributed by atoms with Crippen LogP contribution in [0.4, 0.5) is 0 Å². The molecule has 1 heterocycles. The van der Waals surface area contributed by atoms with E-state index in [2.05, 4.69) is 17.1 Å². The summed E-state index contributed by atoms with van der Waals surface area (Å²) in [6.45, 7) is 4.68. The second kappa shape index (κ2) is 5.24. The second-order valence-electron chi connectivity index (χ2n) is 3.09. The van der Waals surface area contributed by atoms with Crippen LogP contribution >= 0.6 is 11.8 Å². The van der Waals surface area contributed by atoms with Gasteiger partial charge in [-0.05, 0) is 25.1 Å². The van der Waals surface area contributed by atoms with Gasteiger partial charge in [-0.15, -0.1) is 0 Å². The molecule has 0 amide bonds. The molecule has 0 spiro atoms. The van der Waals surface area contributed by atoms with E-state index in [9.17, 15) is 0 Å². The fraction of sp³-hybridized carbons (Fsp3) is 0.750. The Morgan fingerprint density at radius 2 is 2.38 bits per heavy atom. The maximum absolute atomic E-state index is 5.49. The number of aromatic nitrogens is 2. The van der Waals surface area contributed by atoms with Gasteiger partial charge in [0.15, 0.2) is 5.82 Å². The van der Waals surface area contributed by atoms with E-state index in [1.807, 2.05) is 6.92 Å². The summed E-state index contributed by atoms with van der Waals surface area (Å²) in [7, 11) is 0. The van der Waals surface area contributed by atoms with Crippen LogP contribution in [0.1, 0.15) is 18.6 Å². The molecule has 0 bridgehead atoms. The summed E-state index contributed by atoms with van der Waals surface area (Å²) < 4.78 is 4.97. The lowest BCUT2D eigenvalue weighted by atomic mass is 10.2. The van der Waals surface area contributed by atoms with Gasteiger partial charge in [0, 0.05) is 0 Å². The summed E-state index contributed by atoms with van der Waals surface area (Å²) >= 11 is 1.78. The lowest BCUT2D eigenvalue weighted by Crippen LogP contribution is -2.12. The molecule has 0 fully saturated rings. The molecule has 0 saturated carbocycles. The summed E-state index contributed by atoms with van der Waals surface area (Å²) in [5.74, 6) is 3.77. The molecule has 0 aliphatic rings. The highest BCUT2D eigenvalue weighted by atomic mass is 32.2. The van der Waals surface area contributed by atoms with Crippen molar-refractivity contribution in [2.75, 3.05) is 12.3 Å². The van der Waals surface area contributed by atoms with Gasteiger partial charge in [-0.3, -0.25) is 0 Å². The maximum Gasteiger partial charge on any atom is 0.236 e. The van der Waals surface area contributed by atoms with Crippen molar-refractivity contribution in [3.8, 4) is 0 Å². The smallest absolute Gasteiger partial charge is 0.236 e. The molecular formula is C8H15N3OS. The molecule has 0 radical (unpaired) electrons. The molecule has 13 heavy (non-hydrogen) atoms. The van der Waals surface area contributed by atoms with Crippen LogP contribution in [0.15, 0.2) is 4.52 Å². The van der Waals surface area contributed by atoms with Gasteiger partial charge in [-0.25, -0.2) is 0 Å². The highest BCUT2D eigenvalue weighted by Gasteiger charge is 2.04. The molecule has 1 unspecified atom stereocenters. The van der Waals surface area contributed by atoms with Crippen LogP contribution in [-0.4, -0.2) is 22.4 Å². The first-order chi connectivity index (χ1) is 6.22. The first-order valence-corrected chi connectivity index (χ1v) is 5.45. The molecule has 1 aromatic rings. The number of hydrogen-bond acceptors (Lipinski definition) is 5. The molecule has 74 valence electrons. The predicted molar refractivity (Wildman–Crippen MR) is 53.4 cm³/mol. The zero-order chi connectivity index (χ0) is 9.68. The molecule has 0 aromatic carbocycles. The Hall–Kier alpha value is -0.550. The molecule has 2 N–H and O–H groups in total. The van der Waals surface area contributed by atoms with Gasteiger partial charge in [0.2, 0.25) is 5.89 Å². The number of hydrogen-bond donors (Lipinski definition) is 1. The minimum atomic E-state index is 0.550. The average Bonchev–Trinajstić information content (AvgIpc) is 2.51. The van der Waals surface area contributed by atoms with E-state index in [4.69, 9.17) is 10.3 Å². The lowest BCUT2D eigenvalue weighted by Gasteiger charge is -2.04. The molecule has 1 rings (SSSR count). The van der Waals surface area contributed by atoms with Gasteiger partial charge in [0.1, 0.15) is 0 Å². The Balaban J connectivity index is 2.20. The predicted octanol–water partition coefficient (Wildman–Crippen LogP) is 1.21. The van der Waals surface area contributed by atoms with Gasteiger partial charge in [-0.1, -0.05) is 12.1 Å². The number of thioether (sulfide) groups is 1. The fourth-order valence-electron chi connectivity index (χ4n) is 0.814.